The summed E-state index contributed by atoms with van der Waals surface area (Å²) >= 11 is 6.02. The van der Waals surface area contributed by atoms with E-state index in [1.54, 1.807) is 26.2 Å². The van der Waals surface area contributed by atoms with Crippen molar-refractivity contribution in [3.63, 3.8) is 0 Å². The second-order valence-electron chi connectivity index (χ2n) is 5.39. The third-order valence-corrected chi connectivity index (χ3v) is 5.90. The van der Waals surface area contributed by atoms with Crippen LogP contribution < -0.4 is 10.5 Å². The maximum Gasteiger partial charge on any atom is 0.228 e. The number of anilines is 2. The van der Waals surface area contributed by atoms with Crippen LogP contribution in [0.2, 0.25) is 0 Å². The van der Waals surface area contributed by atoms with Gasteiger partial charge in [-0.25, -0.2) is 15.0 Å². The second kappa shape index (κ2) is 10.3. The number of aromatic nitrogens is 3. The zero-order valence-corrected chi connectivity index (χ0v) is 18.2. The first-order valence-electron chi connectivity index (χ1n) is 7.81. The molecule has 1 atom stereocenters. The molecule has 0 aliphatic carbocycles. The van der Waals surface area contributed by atoms with Gasteiger partial charge in [-0.05, 0) is 53.9 Å². The van der Waals surface area contributed by atoms with Crippen molar-refractivity contribution in [1.29, 1.82) is 0 Å². The van der Waals surface area contributed by atoms with E-state index in [0.29, 0.717) is 5.95 Å². The van der Waals surface area contributed by atoms with Crippen LogP contribution in [0.1, 0.15) is 34.6 Å². The van der Waals surface area contributed by atoms with Crippen LogP contribution >= 0.6 is 39.6 Å². The van der Waals surface area contributed by atoms with Gasteiger partial charge in [0, 0.05) is 11.4 Å². The smallest absolute Gasteiger partial charge is 0.228 e. The molecule has 0 spiro atoms. The summed E-state index contributed by atoms with van der Waals surface area (Å²) in [5, 5.41) is 20.1. The summed E-state index contributed by atoms with van der Waals surface area (Å²) in [6.07, 6.45) is 3.36. The molecular weight excluding hydrogens is 422 g/mol. The van der Waals surface area contributed by atoms with E-state index in [0.717, 1.165) is 32.2 Å². The molecule has 2 heterocycles. The quantitative estimate of drug-likeness (QED) is 0.336. The van der Waals surface area contributed by atoms with E-state index in [1.807, 2.05) is 32.9 Å². The third-order valence-electron chi connectivity index (χ3n) is 3.11. The molecule has 0 saturated heterocycles. The molecule has 0 saturated carbocycles. The largest absolute Gasteiger partial charge is 0.389 e. The maximum atomic E-state index is 10.1. The molecule has 0 fully saturated rings. The number of aliphatic hydroxyl groups is 1. The number of nitrogens with two attached hydrogens (primary N) is 1. The van der Waals surface area contributed by atoms with Crippen LogP contribution in [0.3, 0.4) is 0 Å². The first-order valence-corrected chi connectivity index (χ1v) is 10.4. The first kappa shape index (κ1) is 22.2. The lowest BCUT2D eigenvalue weighted by Gasteiger charge is -2.25. The summed E-state index contributed by atoms with van der Waals surface area (Å²) in [5.74, 6) is 0.466. The summed E-state index contributed by atoms with van der Waals surface area (Å²) in [7, 11) is 0. The zero-order chi connectivity index (χ0) is 19.0. The fourth-order valence-corrected chi connectivity index (χ4v) is 3.12. The van der Waals surface area contributed by atoms with Gasteiger partial charge < -0.3 is 10.4 Å². The van der Waals surface area contributed by atoms with Crippen molar-refractivity contribution in [2.24, 2.45) is 5.14 Å². The number of rotatable bonds is 6. The van der Waals surface area contributed by atoms with Crippen molar-refractivity contribution >= 4 is 51.3 Å². The van der Waals surface area contributed by atoms with Crippen molar-refractivity contribution < 1.29 is 5.11 Å². The number of pyridine rings is 1. The summed E-state index contributed by atoms with van der Waals surface area (Å²) in [6.45, 7) is 9.52. The van der Waals surface area contributed by atoms with Crippen LogP contribution in [0.5, 0.6) is 0 Å². The Hall–Kier alpha value is -0.870. The van der Waals surface area contributed by atoms with Crippen molar-refractivity contribution in [2.45, 2.75) is 55.5 Å². The number of nitrogens with one attached hydrogen (secondary N) is 1. The number of nitrogens with zero attached hydrogens (tertiary/aromatic N) is 3. The molecule has 6 nitrogen and oxygen atoms in total. The fraction of sp³-hybridized carbons (Fsp3) is 0.438. The van der Waals surface area contributed by atoms with E-state index in [-0.39, 0.29) is 5.25 Å². The van der Waals surface area contributed by atoms with Gasteiger partial charge in [-0.15, -0.1) is 0 Å². The van der Waals surface area contributed by atoms with Crippen LogP contribution in [-0.2, 0) is 0 Å². The Morgan fingerprint density at radius 3 is 2.44 bits per heavy atom. The molecular formula is C16H24BrN5OS2. The molecule has 2 aromatic heterocycles. The molecule has 1 unspecified atom stereocenters. The van der Waals surface area contributed by atoms with Gasteiger partial charge in [0.05, 0.1) is 22.0 Å². The van der Waals surface area contributed by atoms with E-state index >= 15 is 0 Å². The highest BCUT2D eigenvalue weighted by atomic mass is 79.9. The number of hydrogen-bond donors (Lipinski definition) is 3. The highest BCUT2D eigenvalue weighted by molar-refractivity contribution is 9.10. The Bertz CT molecular complexity index is 665. The van der Waals surface area contributed by atoms with Crippen LogP contribution in [0, 0.1) is 0 Å². The van der Waals surface area contributed by atoms with Crippen molar-refractivity contribution in [1.82, 2.24) is 15.0 Å². The molecule has 0 aromatic carbocycles. The Morgan fingerprint density at radius 2 is 1.92 bits per heavy atom. The minimum Gasteiger partial charge on any atom is -0.389 e. The summed E-state index contributed by atoms with van der Waals surface area (Å²) in [4.78, 5) is 12.9. The average molecular weight is 446 g/mol. The predicted octanol–water partition coefficient (Wildman–Crippen LogP) is 4.62. The molecule has 0 bridgehead atoms. The van der Waals surface area contributed by atoms with Gasteiger partial charge in [0.25, 0.3) is 0 Å². The lowest BCUT2D eigenvalue weighted by atomic mass is 10.1. The van der Waals surface area contributed by atoms with Gasteiger partial charge in [0.2, 0.25) is 5.95 Å². The molecule has 4 N–H and O–H groups in total. The molecule has 0 radical (unpaired) electrons. The molecule has 0 amide bonds. The SMILES string of the molecule is CC.CC(Sc1nc(Nc2ccc(SN)nc2)ncc1Br)C(C)(C)O. The standard InChI is InChI=1S/C14H18BrN5OS2.C2H6/c1-8(14(2,3)21)22-12-10(15)7-18-13(20-12)19-9-4-5-11(23-16)17-6-9;1-2/h4-8,21H,16H2,1-3H3,(H,18,19,20);1-2H3. The first-order chi connectivity index (χ1) is 11.8. The molecule has 9 heteroatoms. The summed E-state index contributed by atoms with van der Waals surface area (Å²) in [5.41, 5.74) is -0.0286. The molecule has 138 valence electrons. The van der Waals surface area contributed by atoms with Gasteiger partial charge in [-0.3, -0.25) is 5.14 Å². The Balaban J connectivity index is 0.00000151. The highest BCUT2D eigenvalue weighted by Crippen LogP contribution is 2.33. The molecule has 2 aromatic rings. The number of hydrogen-bond acceptors (Lipinski definition) is 8. The lowest BCUT2D eigenvalue weighted by Crippen LogP contribution is -2.30. The maximum absolute atomic E-state index is 10.1. The van der Waals surface area contributed by atoms with Gasteiger partial charge in [-0.2, -0.15) is 0 Å². The van der Waals surface area contributed by atoms with E-state index in [9.17, 15) is 5.11 Å². The Labute approximate surface area is 166 Å². The molecule has 0 aliphatic rings. The van der Waals surface area contributed by atoms with Crippen molar-refractivity contribution in [3.05, 3.63) is 29.0 Å². The van der Waals surface area contributed by atoms with Crippen molar-refractivity contribution in [3.8, 4) is 0 Å². The van der Waals surface area contributed by atoms with Crippen LogP contribution in [0.25, 0.3) is 0 Å². The van der Waals surface area contributed by atoms with Crippen molar-refractivity contribution in [2.75, 3.05) is 5.32 Å². The second-order valence-corrected chi connectivity index (χ2v) is 8.23. The van der Waals surface area contributed by atoms with Gasteiger partial charge >= 0.3 is 0 Å². The summed E-state index contributed by atoms with van der Waals surface area (Å²) < 4.78 is 0.789. The number of thioether (sulfide) groups is 1. The zero-order valence-electron chi connectivity index (χ0n) is 14.9. The van der Waals surface area contributed by atoms with Gasteiger partial charge in [0.15, 0.2) is 0 Å². The lowest BCUT2D eigenvalue weighted by molar-refractivity contribution is 0.0823. The minimum atomic E-state index is -0.803. The molecule has 0 aliphatic heterocycles. The summed E-state index contributed by atoms with van der Waals surface area (Å²) in [6, 6.07) is 3.68. The molecule has 25 heavy (non-hydrogen) atoms. The van der Waals surface area contributed by atoms with E-state index in [4.69, 9.17) is 5.14 Å². The minimum absolute atomic E-state index is 0.0240. The highest BCUT2D eigenvalue weighted by Gasteiger charge is 2.24. The predicted molar refractivity (Wildman–Crippen MR) is 110 cm³/mol. The topological polar surface area (TPSA) is 97.0 Å². The van der Waals surface area contributed by atoms with E-state index < -0.39 is 5.60 Å². The monoisotopic (exact) mass is 445 g/mol. The average Bonchev–Trinajstić information content (AvgIpc) is 2.59. The normalized spacial score (nSPS) is 12.2. The fourth-order valence-electron chi connectivity index (χ4n) is 1.46. The third kappa shape index (κ3) is 7.10. The van der Waals surface area contributed by atoms with E-state index in [2.05, 4.69) is 36.2 Å². The Kier molecular flexibility index (Phi) is 9.15. The van der Waals surface area contributed by atoms with E-state index in [1.165, 1.54) is 11.8 Å². The van der Waals surface area contributed by atoms with Gasteiger partial charge in [0.1, 0.15) is 10.1 Å². The Morgan fingerprint density at radius 1 is 1.24 bits per heavy atom. The number of halogens is 1. The molecule has 2 rings (SSSR count). The van der Waals surface area contributed by atoms with Crippen LogP contribution in [0.15, 0.2) is 39.1 Å². The van der Waals surface area contributed by atoms with Crippen LogP contribution in [0.4, 0.5) is 11.6 Å². The van der Waals surface area contributed by atoms with Gasteiger partial charge in [-0.1, -0.05) is 32.5 Å². The van der Waals surface area contributed by atoms with Crippen LogP contribution in [-0.4, -0.2) is 30.9 Å².